The molecule has 4 rings (SSSR count). The van der Waals surface area contributed by atoms with Gasteiger partial charge in [0.2, 0.25) is 5.91 Å². The monoisotopic (exact) mass is 349 g/mol. The Morgan fingerprint density at radius 2 is 1.42 bits per heavy atom. The molecule has 2 aromatic rings. The summed E-state index contributed by atoms with van der Waals surface area (Å²) in [4.78, 5) is 17.5. The Hall–Kier alpha value is -2.17. The summed E-state index contributed by atoms with van der Waals surface area (Å²) in [6, 6.07) is 20.8. The van der Waals surface area contributed by atoms with Crippen molar-refractivity contribution in [3.05, 3.63) is 71.8 Å². The highest BCUT2D eigenvalue weighted by atomic mass is 16.1. The molecular weight excluding hydrogens is 322 g/mol. The summed E-state index contributed by atoms with van der Waals surface area (Å²) in [5.41, 5.74) is 7.59. The molecule has 26 heavy (non-hydrogen) atoms. The van der Waals surface area contributed by atoms with E-state index in [-0.39, 0.29) is 11.3 Å². The lowest BCUT2D eigenvalue weighted by Gasteiger charge is -2.36. The SMILES string of the molecule is CN1CCN(CC2(C(N)=O)CC2(c2ccccc2)c2ccccc2)CC1. The van der Waals surface area contributed by atoms with Crippen LogP contribution < -0.4 is 5.73 Å². The number of rotatable bonds is 5. The van der Waals surface area contributed by atoms with Gasteiger partial charge in [-0.1, -0.05) is 60.7 Å². The fourth-order valence-electron chi connectivity index (χ4n) is 4.73. The van der Waals surface area contributed by atoms with Gasteiger partial charge < -0.3 is 10.6 Å². The Kier molecular flexibility index (Phi) is 4.33. The van der Waals surface area contributed by atoms with Crippen LogP contribution in [-0.4, -0.2) is 55.5 Å². The third-order valence-electron chi connectivity index (χ3n) is 6.35. The van der Waals surface area contributed by atoms with E-state index in [1.807, 2.05) is 12.1 Å². The highest BCUT2D eigenvalue weighted by Gasteiger charge is 2.72. The van der Waals surface area contributed by atoms with Crippen molar-refractivity contribution < 1.29 is 4.79 Å². The maximum atomic E-state index is 12.8. The van der Waals surface area contributed by atoms with E-state index in [0.717, 1.165) is 39.1 Å². The first kappa shape index (κ1) is 17.3. The van der Waals surface area contributed by atoms with E-state index in [0.29, 0.717) is 0 Å². The second-order valence-electron chi connectivity index (χ2n) is 7.84. The van der Waals surface area contributed by atoms with Gasteiger partial charge in [-0.15, -0.1) is 0 Å². The van der Waals surface area contributed by atoms with E-state index in [4.69, 9.17) is 5.73 Å². The lowest BCUT2D eigenvalue weighted by molar-refractivity contribution is -0.124. The lowest BCUT2D eigenvalue weighted by atomic mass is 9.79. The van der Waals surface area contributed by atoms with Crippen LogP contribution in [0, 0.1) is 5.41 Å². The van der Waals surface area contributed by atoms with Crippen LogP contribution in [0.5, 0.6) is 0 Å². The predicted molar refractivity (Wildman–Crippen MR) is 104 cm³/mol. The molecule has 0 spiro atoms. The molecule has 1 saturated carbocycles. The summed E-state index contributed by atoms with van der Waals surface area (Å²) in [5, 5.41) is 0. The zero-order valence-electron chi connectivity index (χ0n) is 15.4. The number of benzene rings is 2. The summed E-state index contributed by atoms with van der Waals surface area (Å²) in [7, 11) is 2.15. The third-order valence-corrected chi connectivity index (χ3v) is 6.35. The van der Waals surface area contributed by atoms with Gasteiger partial charge >= 0.3 is 0 Å². The van der Waals surface area contributed by atoms with E-state index >= 15 is 0 Å². The van der Waals surface area contributed by atoms with Gasteiger partial charge in [0, 0.05) is 38.1 Å². The molecule has 1 saturated heterocycles. The van der Waals surface area contributed by atoms with Gasteiger partial charge in [-0.2, -0.15) is 0 Å². The average Bonchev–Trinajstić information content (AvgIpc) is 3.36. The van der Waals surface area contributed by atoms with Crippen LogP contribution in [0.4, 0.5) is 0 Å². The zero-order chi connectivity index (χ0) is 18.2. The van der Waals surface area contributed by atoms with E-state index in [2.05, 4.69) is 65.4 Å². The Morgan fingerprint density at radius 1 is 0.923 bits per heavy atom. The molecule has 136 valence electrons. The molecule has 4 heteroatoms. The molecule has 1 aliphatic heterocycles. The molecule has 1 amide bonds. The normalized spacial score (nSPS) is 25.7. The van der Waals surface area contributed by atoms with Crippen molar-refractivity contribution in [2.24, 2.45) is 11.1 Å². The van der Waals surface area contributed by atoms with Crippen LogP contribution in [0.25, 0.3) is 0 Å². The summed E-state index contributed by atoms with van der Waals surface area (Å²) in [6.45, 7) is 4.80. The number of amides is 1. The first-order valence-corrected chi connectivity index (χ1v) is 9.40. The first-order valence-electron chi connectivity index (χ1n) is 9.40. The smallest absolute Gasteiger partial charge is 0.226 e. The fourth-order valence-corrected chi connectivity index (χ4v) is 4.73. The number of nitrogens with two attached hydrogens (primary N) is 1. The van der Waals surface area contributed by atoms with E-state index in [9.17, 15) is 4.79 Å². The summed E-state index contributed by atoms with van der Waals surface area (Å²) in [6.07, 6.45) is 0.787. The van der Waals surface area contributed by atoms with Crippen LogP contribution in [0.1, 0.15) is 17.5 Å². The van der Waals surface area contributed by atoms with E-state index in [1.165, 1.54) is 11.1 Å². The molecule has 4 nitrogen and oxygen atoms in total. The molecule has 1 heterocycles. The highest BCUT2D eigenvalue weighted by Crippen LogP contribution is 2.68. The molecular formula is C22H27N3O. The first-order chi connectivity index (χ1) is 12.6. The minimum atomic E-state index is -0.536. The molecule has 2 N–H and O–H groups in total. The number of hydrogen-bond donors (Lipinski definition) is 1. The van der Waals surface area contributed by atoms with E-state index in [1.54, 1.807) is 0 Å². The molecule has 0 aromatic heterocycles. The fraction of sp³-hybridized carbons (Fsp3) is 0.409. The van der Waals surface area contributed by atoms with Crippen molar-refractivity contribution in [3.8, 4) is 0 Å². The summed E-state index contributed by atoms with van der Waals surface area (Å²) >= 11 is 0. The molecule has 1 unspecified atom stereocenters. The van der Waals surface area contributed by atoms with Gasteiger partial charge in [0.1, 0.15) is 0 Å². The lowest BCUT2D eigenvalue weighted by Crippen LogP contribution is -2.50. The van der Waals surface area contributed by atoms with E-state index < -0.39 is 5.41 Å². The van der Waals surface area contributed by atoms with Gasteiger partial charge in [0.25, 0.3) is 0 Å². The van der Waals surface area contributed by atoms with Crippen LogP contribution in [-0.2, 0) is 10.2 Å². The van der Waals surface area contributed by atoms with Gasteiger partial charge in [-0.25, -0.2) is 0 Å². The van der Waals surface area contributed by atoms with Crippen molar-refractivity contribution in [1.82, 2.24) is 9.80 Å². The molecule has 1 aliphatic carbocycles. The Morgan fingerprint density at radius 3 is 1.88 bits per heavy atom. The minimum Gasteiger partial charge on any atom is -0.369 e. The quantitative estimate of drug-likeness (QED) is 0.899. The molecule has 1 atom stereocenters. The second kappa shape index (κ2) is 6.53. The second-order valence-corrected chi connectivity index (χ2v) is 7.84. The molecule has 2 aromatic carbocycles. The van der Waals surface area contributed by atoms with Crippen LogP contribution in [0.2, 0.25) is 0 Å². The number of likely N-dealkylation sites (N-methyl/N-ethyl adjacent to an activating group) is 1. The van der Waals surface area contributed by atoms with Crippen molar-refractivity contribution in [2.45, 2.75) is 11.8 Å². The molecule has 0 radical (unpaired) electrons. The number of piperazine rings is 1. The average molecular weight is 349 g/mol. The maximum Gasteiger partial charge on any atom is 0.226 e. The molecule has 0 bridgehead atoms. The van der Waals surface area contributed by atoms with Crippen molar-refractivity contribution in [2.75, 3.05) is 39.8 Å². The third kappa shape index (κ3) is 2.65. The maximum absolute atomic E-state index is 12.8. The Labute approximate surface area is 155 Å². The number of carbonyl (C=O) groups is 1. The zero-order valence-corrected chi connectivity index (χ0v) is 15.4. The largest absolute Gasteiger partial charge is 0.369 e. The van der Waals surface area contributed by atoms with Gasteiger partial charge in [-0.05, 0) is 24.6 Å². The summed E-state index contributed by atoms with van der Waals surface area (Å²) < 4.78 is 0. The predicted octanol–water partition coefficient (Wildman–Crippen LogP) is 2.10. The van der Waals surface area contributed by atoms with Crippen molar-refractivity contribution in [1.29, 1.82) is 0 Å². The summed E-state index contributed by atoms with van der Waals surface area (Å²) in [5.74, 6) is -0.177. The Bertz CT molecular complexity index is 729. The molecule has 2 fully saturated rings. The van der Waals surface area contributed by atoms with Gasteiger partial charge in [-0.3, -0.25) is 9.69 Å². The van der Waals surface area contributed by atoms with Crippen LogP contribution >= 0.6 is 0 Å². The van der Waals surface area contributed by atoms with Gasteiger partial charge in [0.05, 0.1) is 5.41 Å². The van der Waals surface area contributed by atoms with Crippen molar-refractivity contribution in [3.63, 3.8) is 0 Å². The van der Waals surface area contributed by atoms with Gasteiger partial charge in [0.15, 0.2) is 0 Å². The van der Waals surface area contributed by atoms with Crippen LogP contribution in [0.15, 0.2) is 60.7 Å². The number of nitrogens with zero attached hydrogens (tertiary/aromatic N) is 2. The number of primary amides is 1. The number of carbonyl (C=O) groups excluding carboxylic acids is 1. The Balaban J connectivity index is 1.74. The van der Waals surface area contributed by atoms with Crippen molar-refractivity contribution >= 4 is 5.91 Å². The molecule has 2 aliphatic rings. The minimum absolute atomic E-state index is 0.177. The van der Waals surface area contributed by atoms with Crippen LogP contribution in [0.3, 0.4) is 0 Å². The topological polar surface area (TPSA) is 49.6 Å². The number of hydrogen-bond acceptors (Lipinski definition) is 3. The highest BCUT2D eigenvalue weighted by molar-refractivity contribution is 5.89. The standard InChI is InChI=1S/C22H27N3O/c1-24-12-14-25(15-13-24)17-21(20(23)26)16-22(21,18-8-4-2-5-9-18)19-10-6-3-7-11-19/h2-11H,12-17H2,1H3,(H2,23,26).